The molecular formula is C10H8Cl2N2O. The zero-order valence-electron chi connectivity index (χ0n) is 7.92. The topological polar surface area (TPSA) is 42.0 Å². The molecule has 0 spiro atoms. The summed E-state index contributed by atoms with van der Waals surface area (Å²) < 4.78 is 0. The van der Waals surface area contributed by atoms with E-state index in [1.54, 1.807) is 6.92 Å². The van der Waals surface area contributed by atoms with Crippen LogP contribution in [0.1, 0.15) is 17.3 Å². The second-order valence-corrected chi connectivity index (χ2v) is 3.62. The summed E-state index contributed by atoms with van der Waals surface area (Å²) in [4.78, 5) is 15.3. The molecule has 1 amide bonds. The summed E-state index contributed by atoms with van der Waals surface area (Å²) in [7, 11) is 0. The van der Waals surface area contributed by atoms with E-state index in [1.807, 2.05) is 0 Å². The van der Waals surface area contributed by atoms with Gasteiger partial charge < -0.3 is 5.32 Å². The van der Waals surface area contributed by atoms with E-state index < -0.39 is 0 Å². The largest absolute Gasteiger partial charge is 0.339 e. The number of hydrogen-bond donors (Lipinski definition) is 1. The Bertz CT molecular complexity index is 426. The third-order valence-electron chi connectivity index (χ3n) is 1.66. The number of nitrogens with zero attached hydrogens (tertiary/aromatic N) is 1. The molecule has 1 unspecified atom stereocenters. The average Bonchev–Trinajstić information content (AvgIpc) is 2.21. The minimum absolute atomic E-state index is 0.165. The van der Waals surface area contributed by atoms with Crippen molar-refractivity contribution >= 4 is 29.1 Å². The summed E-state index contributed by atoms with van der Waals surface area (Å²) in [6, 6.07) is 1.10. The molecule has 1 aromatic rings. The minimum atomic E-state index is -0.341. The summed E-state index contributed by atoms with van der Waals surface area (Å²) in [6.45, 7) is 1.70. The zero-order chi connectivity index (χ0) is 11.4. The lowest BCUT2D eigenvalue weighted by Crippen LogP contribution is -2.31. The fourth-order valence-corrected chi connectivity index (χ4v) is 1.14. The van der Waals surface area contributed by atoms with E-state index >= 15 is 0 Å². The molecule has 1 atom stereocenters. The molecule has 1 heterocycles. The van der Waals surface area contributed by atoms with Gasteiger partial charge >= 0.3 is 0 Å². The number of carbonyl (C=O) groups is 1. The summed E-state index contributed by atoms with van der Waals surface area (Å²) in [6.07, 6.45) is 6.46. The number of halogens is 2. The van der Waals surface area contributed by atoms with Gasteiger partial charge in [0.1, 0.15) is 5.15 Å². The van der Waals surface area contributed by atoms with Gasteiger partial charge in [0.25, 0.3) is 5.91 Å². The predicted octanol–water partition coefficient (Wildman–Crippen LogP) is 2.14. The van der Waals surface area contributed by atoms with Gasteiger partial charge in [-0.3, -0.25) is 4.79 Å². The molecule has 0 radical (unpaired) electrons. The van der Waals surface area contributed by atoms with E-state index in [4.69, 9.17) is 29.6 Å². The van der Waals surface area contributed by atoms with Crippen molar-refractivity contribution in [2.75, 3.05) is 0 Å². The van der Waals surface area contributed by atoms with Crippen molar-refractivity contribution in [1.29, 1.82) is 0 Å². The summed E-state index contributed by atoms with van der Waals surface area (Å²) in [5.41, 5.74) is 0.325. The third kappa shape index (κ3) is 3.12. The van der Waals surface area contributed by atoms with Crippen LogP contribution in [-0.4, -0.2) is 16.9 Å². The minimum Gasteiger partial charge on any atom is -0.339 e. The first-order valence-electron chi connectivity index (χ1n) is 4.12. The highest BCUT2D eigenvalue weighted by Crippen LogP contribution is 2.19. The first-order valence-corrected chi connectivity index (χ1v) is 4.88. The van der Waals surface area contributed by atoms with Crippen LogP contribution in [-0.2, 0) is 0 Å². The second kappa shape index (κ2) is 5.01. The molecule has 0 aromatic carbocycles. The number of hydrogen-bond acceptors (Lipinski definition) is 2. The Morgan fingerprint density at radius 1 is 1.67 bits per heavy atom. The first kappa shape index (κ1) is 11.8. The Morgan fingerprint density at radius 2 is 2.33 bits per heavy atom. The van der Waals surface area contributed by atoms with Crippen molar-refractivity contribution < 1.29 is 4.79 Å². The molecule has 3 nitrogen and oxygen atoms in total. The number of pyridine rings is 1. The fourth-order valence-electron chi connectivity index (χ4n) is 0.867. The monoisotopic (exact) mass is 242 g/mol. The Labute approximate surface area is 97.8 Å². The van der Waals surface area contributed by atoms with E-state index in [1.165, 1.54) is 12.3 Å². The van der Waals surface area contributed by atoms with Gasteiger partial charge in [-0.05, 0) is 13.0 Å². The summed E-state index contributed by atoms with van der Waals surface area (Å²) >= 11 is 11.3. The number of carbonyl (C=O) groups excluding carboxylic acids is 1. The number of aromatic nitrogens is 1. The SMILES string of the molecule is C#CC(C)NC(=O)c1cnc(Cl)c(Cl)c1. The van der Waals surface area contributed by atoms with Gasteiger partial charge in [0.2, 0.25) is 0 Å². The van der Waals surface area contributed by atoms with Crippen LogP contribution >= 0.6 is 23.2 Å². The van der Waals surface area contributed by atoms with Crippen LogP contribution in [0.3, 0.4) is 0 Å². The van der Waals surface area contributed by atoms with E-state index in [0.29, 0.717) is 5.56 Å². The third-order valence-corrected chi connectivity index (χ3v) is 2.34. The van der Waals surface area contributed by atoms with Crippen molar-refractivity contribution in [3.63, 3.8) is 0 Å². The van der Waals surface area contributed by atoms with Crippen molar-refractivity contribution in [2.45, 2.75) is 13.0 Å². The molecular weight excluding hydrogens is 235 g/mol. The number of amides is 1. The fraction of sp³-hybridized carbons (Fsp3) is 0.200. The Kier molecular flexibility index (Phi) is 3.96. The van der Waals surface area contributed by atoms with Gasteiger partial charge in [-0.15, -0.1) is 6.42 Å². The van der Waals surface area contributed by atoms with Crippen molar-refractivity contribution in [3.8, 4) is 12.3 Å². The molecule has 1 rings (SSSR count). The summed E-state index contributed by atoms with van der Waals surface area (Å²) in [5, 5.41) is 2.97. The highest BCUT2D eigenvalue weighted by Gasteiger charge is 2.10. The second-order valence-electron chi connectivity index (χ2n) is 2.86. The molecule has 1 N–H and O–H groups in total. The van der Waals surface area contributed by atoms with Crippen LogP contribution in [0.25, 0.3) is 0 Å². The first-order chi connectivity index (χ1) is 7.04. The molecule has 0 saturated heterocycles. The van der Waals surface area contributed by atoms with E-state index in [2.05, 4.69) is 16.2 Å². The maximum Gasteiger partial charge on any atom is 0.253 e. The van der Waals surface area contributed by atoms with Gasteiger partial charge in [0.05, 0.1) is 16.6 Å². The van der Waals surface area contributed by atoms with E-state index in [9.17, 15) is 4.79 Å². The molecule has 0 bridgehead atoms. The highest BCUT2D eigenvalue weighted by molar-refractivity contribution is 6.41. The van der Waals surface area contributed by atoms with E-state index in [0.717, 1.165) is 0 Å². The number of terminal acetylenes is 1. The van der Waals surface area contributed by atoms with Gasteiger partial charge in [-0.2, -0.15) is 0 Å². The molecule has 0 saturated carbocycles. The van der Waals surface area contributed by atoms with Gasteiger partial charge in [-0.25, -0.2) is 4.98 Å². The summed E-state index contributed by atoms with van der Waals surface area (Å²) in [5.74, 6) is 2.05. The zero-order valence-corrected chi connectivity index (χ0v) is 9.43. The molecule has 1 aromatic heterocycles. The Balaban J connectivity index is 2.84. The normalized spacial score (nSPS) is 11.6. The van der Waals surface area contributed by atoms with E-state index in [-0.39, 0.29) is 22.1 Å². The maximum absolute atomic E-state index is 11.5. The molecule has 0 aliphatic carbocycles. The molecule has 15 heavy (non-hydrogen) atoms. The Hall–Kier alpha value is -1.24. The van der Waals surface area contributed by atoms with Crippen LogP contribution in [0, 0.1) is 12.3 Å². The van der Waals surface area contributed by atoms with Crippen LogP contribution in [0.5, 0.6) is 0 Å². The number of nitrogens with one attached hydrogen (secondary N) is 1. The average molecular weight is 243 g/mol. The van der Waals surface area contributed by atoms with Crippen LogP contribution < -0.4 is 5.32 Å². The molecule has 78 valence electrons. The molecule has 0 fully saturated rings. The lowest BCUT2D eigenvalue weighted by Gasteiger charge is -2.07. The lowest BCUT2D eigenvalue weighted by atomic mass is 10.2. The molecule has 0 aliphatic rings. The van der Waals surface area contributed by atoms with Crippen LogP contribution in [0.4, 0.5) is 0 Å². The quantitative estimate of drug-likeness (QED) is 0.638. The molecule has 0 aliphatic heterocycles. The van der Waals surface area contributed by atoms with Crippen molar-refractivity contribution in [3.05, 3.63) is 28.0 Å². The van der Waals surface area contributed by atoms with Crippen LogP contribution in [0.2, 0.25) is 10.2 Å². The highest BCUT2D eigenvalue weighted by atomic mass is 35.5. The molecule has 5 heteroatoms. The van der Waals surface area contributed by atoms with Crippen LogP contribution in [0.15, 0.2) is 12.3 Å². The number of rotatable bonds is 2. The lowest BCUT2D eigenvalue weighted by molar-refractivity contribution is 0.0948. The predicted molar refractivity (Wildman–Crippen MR) is 60.0 cm³/mol. The van der Waals surface area contributed by atoms with Crippen molar-refractivity contribution in [2.24, 2.45) is 0 Å². The van der Waals surface area contributed by atoms with Gasteiger partial charge in [-0.1, -0.05) is 29.1 Å². The van der Waals surface area contributed by atoms with Gasteiger partial charge in [0, 0.05) is 6.20 Å². The van der Waals surface area contributed by atoms with Crippen molar-refractivity contribution in [1.82, 2.24) is 10.3 Å². The smallest absolute Gasteiger partial charge is 0.253 e. The standard InChI is InChI=1S/C10H8Cl2N2O/c1-3-6(2)14-10(15)7-4-8(11)9(12)13-5-7/h1,4-6H,2H3,(H,14,15). The van der Waals surface area contributed by atoms with Gasteiger partial charge in [0.15, 0.2) is 0 Å². The Morgan fingerprint density at radius 3 is 2.87 bits per heavy atom. The maximum atomic E-state index is 11.5.